The molecule has 1 amide bonds. The van der Waals surface area contributed by atoms with Gasteiger partial charge in [-0.25, -0.2) is 0 Å². The van der Waals surface area contributed by atoms with Crippen molar-refractivity contribution in [1.82, 2.24) is 10.6 Å². The second-order valence-corrected chi connectivity index (χ2v) is 4.79. The normalized spacial score (nSPS) is 11.9. The molecule has 0 heterocycles. The summed E-state index contributed by atoms with van der Waals surface area (Å²) in [7, 11) is 1.87. The summed E-state index contributed by atoms with van der Waals surface area (Å²) in [6.45, 7) is 2.81. The van der Waals surface area contributed by atoms with Crippen LogP contribution in [0.25, 0.3) is 0 Å². The van der Waals surface area contributed by atoms with E-state index in [1.54, 1.807) is 13.0 Å². The summed E-state index contributed by atoms with van der Waals surface area (Å²) < 4.78 is 0. The van der Waals surface area contributed by atoms with Gasteiger partial charge in [0.1, 0.15) is 0 Å². The summed E-state index contributed by atoms with van der Waals surface area (Å²) in [6, 6.07) is 7.47. The first-order chi connectivity index (χ1) is 9.56. The molecule has 1 aromatic carbocycles. The monoisotopic (exact) mass is 278 g/mol. The van der Waals surface area contributed by atoms with Gasteiger partial charge in [0, 0.05) is 12.1 Å². The lowest BCUT2D eigenvalue weighted by Gasteiger charge is -2.11. The molecule has 1 atom stereocenters. The summed E-state index contributed by atoms with van der Waals surface area (Å²) in [5.41, 5.74) is 1.65. The van der Waals surface area contributed by atoms with Gasteiger partial charge in [0.2, 0.25) is 0 Å². The number of aliphatic carboxylic acids is 1. The molecule has 0 radical (unpaired) electrons. The first kappa shape index (κ1) is 16.2. The molecule has 0 aliphatic carbocycles. The molecule has 0 fully saturated rings. The molecule has 20 heavy (non-hydrogen) atoms. The van der Waals surface area contributed by atoms with Gasteiger partial charge in [0.15, 0.2) is 0 Å². The maximum absolute atomic E-state index is 12.1. The zero-order chi connectivity index (χ0) is 15.0. The third kappa shape index (κ3) is 5.01. The first-order valence-corrected chi connectivity index (χ1v) is 6.79. The van der Waals surface area contributed by atoms with Crippen LogP contribution < -0.4 is 10.6 Å². The molecule has 1 aromatic rings. The first-order valence-electron chi connectivity index (χ1n) is 6.79. The topological polar surface area (TPSA) is 78.4 Å². The average molecular weight is 278 g/mol. The molecule has 1 unspecified atom stereocenters. The Morgan fingerprint density at radius 3 is 2.60 bits per heavy atom. The third-order valence-electron chi connectivity index (χ3n) is 3.19. The van der Waals surface area contributed by atoms with Crippen molar-refractivity contribution in [2.75, 3.05) is 20.1 Å². The number of rotatable bonds is 8. The number of carbonyl (C=O) groups is 2. The predicted octanol–water partition coefficient (Wildman–Crippen LogP) is 1.29. The Bertz CT molecular complexity index is 460. The number of amides is 1. The zero-order valence-corrected chi connectivity index (χ0v) is 12.0. The van der Waals surface area contributed by atoms with Crippen molar-refractivity contribution >= 4 is 11.9 Å². The fourth-order valence-corrected chi connectivity index (χ4v) is 1.84. The van der Waals surface area contributed by atoms with Crippen LogP contribution in [0.15, 0.2) is 24.3 Å². The summed E-state index contributed by atoms with van der Waals surface area (Å²) >= 11 is 0. The molecule has 5 nitrogen and oxygen atoms in total. The lowest BCUT2D eigenvalue weighted by atomic mass is 10.0. The van der Waals surface area contributed by atoms with E-state index in [2.05, 4.69) is 10.6 Å². The minimum absolute atomic E-state index is 0.144. The van der Waals surface area contributed by atoms with E-state index in [0.29, 0.717) is 18.5 Å². The fourth-order valence-electron chi connectivity index (χ4n) is 1.84. The van der Waals surface area contributed by atoms with Crippen molar-refractivity contribution in [1.29, 1.82) is 0 Å². The van der Waals surface area contributed by atoms with Gasteiger partial charge < -0.3 is 15.7 Å². The van der Waals surface area contributed by atoms with Crippen molar-refractivity contribution in [2.24, 2.45) is 5.92 Å². The SMILES string of the molecule is CNCCc1ccccc1C(=O)NCCC(C)C(=O)O. The minimum atomic E-state index is -0.839. The number of carbonyl (C=O) groups excluding carboxylic acids is 1. The van der Waals surface area contributed by atoms with Gasteiger partial charge in [-0.15, -0.1) is 0 Å². The largest absolute Gasteiger partial charge is 0.481 e. The van der Waals surface area contributed by atoms with Gasteiger partial charge in [0.05, 0.1) is 5.92 Å². The average Bonchev–Trinajstić information content (AvgIpc) is 2.45. The summed E-state index contributed by atoms with van der Waals surface area (Å²) in [5, 5.41) is 14.6. The lowest BCUT2D eigenvalue weighted by Crippen LogP contribution is -2.28. The molecule has 5 heteroatoms. The van der Waals surface area contributed by atoms with Crippen molar-refractivity contribution in [3.05, 3.63) is 35.4 Å². The Hall–Kier alpha value is -1.88. The highest BCUT2D eigenvalue weighted by molar-refractivity contribution is 5.95. The van der Waals surface area contributed by atoms with Gasteiger partial charge >= 0.3 is 5.97 Å². The van der Waals surface area contributed by atoms with E-state index in [1.807, 2.05) is 25.2 Å². The molecule has 110 valence electrons. The summed E-state index contributed by atoms with van der Waals surface area (Å²) in [6.07, 6.45) is 1.21. The highest BCUT2D eigenvalue weighted by Gasteiger charge is 2.13. The molecule has 0 bridgehead atoms. The molecule has 0 aliphatic rings. The fraction of sp³-hybridized carbons (Fsp3) is 0.467. The van der Waals surface area contributed by atoms with Gasteiger partial charge in [-0.3, -0.25) is 9.59 Å². The highest BCUT2D eigenvalue weighted by Crippen LogP contribution is 2.09. The molecule has 3 N–H and O–H groups in total. The smallest absolute Gasteiger partial charge is 0.306 e. The second-order valence-electron chi connectivity index (χ2n) is 4.79. The van der Waals surface area contributed by atoms with Gasteiger partial charge in [-0.2, -0.15) is 0 Å². The van der Waals surface area contributed by atoms with E-state index in [1.165, 1.54) is 0 Å². The Labute approximate surface area is 119 Å². The van der Waals surface area contributed by atoms with Gasteiger partial charge in [-0.05, 0) is 38.1 Å². The molecule has 0 spiro atoms. The van der Waals surface area contributed by atoms with E-state index in [9.17, 15) is 9.59 Å². The number of hydrogen-bond donors (Lipinski definition) is 3. The quantitative estimate of drug-likeness (QED) is 0.669. The van der Waals surface area contributed by atoms with Gasteiger partial charge in [0.25, 0.3) is 5.91 Å². The summed E-state index contributed by atoms with van der Waals surface area (Å²) in [4.78, 5) is 22.8. The van der Waals surface area contributed by atoms with E-state index in [-0.39, 0.29) is 5.91 Å². The molecular weight excluding hydrogens is 256 g/mol. The van der Waals surface area contributed by atoms with Crippen LogP contribution in [0.3, 0.4) is 0 Å². The molecule has 0 aromatic heterocycles. The molecular formula is C15H22N2O3. The highest BCUT2D eigenvalue weighted by atomic mass is 16.4. The van der Waals surface area contributed by atoms with Crippen LogP contribution in [0.4, 0.5) is 0 Å². The van der Waals surface area contributed by atoms with Crippen LogP contribution in [0.1, 0.15) is 29.3 Å². The number of carboxylic acid groups (broad SMARTS) is 1. The van der Waals surface area contributed by atoms with Gasteiger partial charge in [-0.1, -0.05) is 25.1 Å². The van der Waals surface area contributed by atoms with Crippen LogP contribution in [0.5, 0.6) is 0 Å². The molecule has 0 aliphatic heterocycles. The van der Waals surface area contributed by atoms with Crippen molar-refractivity contribution < 1.29 is 14.7 Å². The van der Waals surface area contributed by atoms with E-state index < -0.39 is 11.9 Å². The Kier molecular flexibility index (Phi) is 6.73. The van der Waals surface area contributed by atoms with Crippen LogP contribution in [0, 0.1) is 5.92 Å². The number of carboxylic acids is 1. The van der Waals surface area contributed by atoms with Crippen LogP contribution in [-0.2, 0) is 11.2 Å². The Morgan fingerprint density at radius 2 is 1.95 bits per heavy atom. The van der Waals surface area contributed by atoms with Crippen LogP contribution in [-0.4, -0.2) is 37.1 Å². The van der Waals surface area contributed by atoms with Crippen LogP contribution >= 0.6 is 0 Å². The number of likely N-dealkylation sites (N-methyl/N-ethyl adjacent to an activating group) is 1. The molecule has 0 saturated heterocycles. The Balaban J connectivity index is 2.56. The van der Waals surface area contributed by atoms with Crippen LogP contribution in [0.2, 0.25) is 0 Å². The standard InChI is InChI=1S/C15H22N2O3/c1-11(15(19)20)7-10-17-14(18)13-6-4-3-5-12(13)8-9-16-2/h3-6,11,16H,7-10H2,1-2H3,(H,17,18)(H,19,20). The number of hydrogen-bond acceptors (Lipinski definition) is 3. The third-order valence-corrected chi connectivity index (χ3v) is 3.19. The maximum Gasteiger partial charge on any atom is 0.306 e. The van der Waals surface area contributed by atoms with E-state index in [4.69, 9.17) is 5.11 Å². The Morgan fingerprint density at radius 1 is 1.25 bits per heavy atom. The zero-order valence-electron chi connectivity index (χ0n) is 12.0. The lowest BCUT2D eigenvalue weighted by molar-refractivity contribution is -0.141. The number of nitrogens with one attached hydrogen (secondary N) is 2. The van der Waals surface area contributed by atoms with Crippen molar-refractivity contribution in [3.63, 3.8) is 0 Å². The van der Waals surface area contributed by atoms with Crippen molar-refractivity contribution in [2.45, 2.75) is 19.8 Å². The minimum Gasteiger partial charge on any atom is -0.481 e. The molecule has 1 rings (SSSR count). The van der Waals surface area contributed by atoms with E-state index >= 15 is 0 Å². The number of benzene rings is 1. The summed E-state index contributed by atoms with van der Waals surface area (Å²) in [5.74, 6) is -1.43. The maximum atomic E-state index is 12.1. The van der Waals surface area contributed by atoms with E-state index in [0.717, 1.165) is 18.5 Å². The molecule has 0 saturated carbocycles. The van der Waals surface area contributed by atoms with Crippen molar-refractivity contribution in [3.8, 4) is 0 Å². The second kappa shape index (κ2) is 8.32. The predicted molar refractivity (Wildman–Crippen MR) is 77.8 cm³/mol.